The van der Waals surface area contributed by atoms with Gasteiger partial charge >= 0.3 is 0 Å². The van der Waals surface area contributed by atoms with E-state index in [1.807, 2.05) is 13.0 Å². The van der Waals surface area contributed by atoms with Gasteiger partial charge in [0.25, 0.3) is 5.91 Å². The molecule has 1 amide bonds. The van der Waals surface area contributed by atoms with E-state index < -0.39 is 11.3 Å². The topological polar surface area (TPSA) is 163 Å². The summed E-state index contributed by atoms with van der Waals surface area (Å²) in [6.07, 6.45) is 4.21. The van der Waals surface area contributed by atoms with Gasteiger partial charge < -0.3 is 26.8 Å². The summed E-state index contributed by atoms with van der Waals surface area (Å²) in [5.74, 6) is 0.00956. The number of carbonyl (C=O) groups is 1. The van der Waals surface area contributed by atoms with Crippen LogP contribution >= 0.6 is 0 Å². The number of amides is 1. The maximum Gasteiger partial charge on any atom is 0.257 e. The first-order valence-electron chi connectivity index (χ1n) is 10.5. The molecule has 1 aromatic carbocycles. The monoisotopic (exact) mass is 459 g/mol. The van der Waals surface area contributed by atoms with Gasteiger partial charge in [-0.25, -0.2) is 4.98 Å². The predicted octanol–water partition coefficient (Wildman–Crippen LogP) is 3.16. The molecule has 0 fully saturated rings. The van der Waals surface area contributed by atoms with Crippen LogP contribution < -0.4 is 22.1 Å². The summed E-state index contributed by atoms with van der Waals surface area (Å²) >= 11 is 0. The molecule has 2 rings (SSSR count). The van der Waals surface area contributed by atoms with Gasteiger partial charge in [0.1, 0.15) is 11.9 Å². The molecule has 0 bridgehead atoms. The van der Waals surface area contributed by atoms with Crippen molar-refractivity contribution in [3.05, 3.63) is 65.1 Å². The molecule has 6 N–H and O–H groups in total. The number of pyridine rings is 1. The highest BCUT2D eigenvalue weighted by Gasteiger charge is 2.21. The number of aryl methyl sites for hydroxylation is 1. The molecule has 0 aliphatic carbocycles. The molecular formula is C25H29N7O2. The maximum absolute atomic E-state index is 12.8. The summed E-state index contributed by atoms with van der Waals surface area (Å²) in [4.78, 5) is 17.2. The highest BCUT2D eigenvalue weighted by Crippen LogP contribution is 2.29. The van der Waals surface area contributed by atoms with E-state index in [2.05, 4.69) is 27.8 Å². The van der Waals surface area contributed by atoms with Crippen LogP contribution in [-0.4, -0.2) is 31.2 Å². The Balaban J connectivity index is 2.32. The fourth-order valence-corrected chi connectivity index (χ4v) is 2.93. The van der Waals surface area contributed by atoms with Crippen molar-refractivity contribution in [2.75, 3.05) is 30.9 Å². The summed E-state index contributed by atoms with van der Waals surface area (Å²) in [5.41, 5.74) is 14.4. The quantitative estimate of drug-likeness (QED) is 0.252. The van der Waals surface area contributed by atoms with E-state index in [-0.39, 0.29) is 11.3 Å². The Kier molecular flexibility index (Phi) is 8.77. The number of nitrogens with zero attached hydrogens (tertiary/aromatic N) is 3. The van der Waals surface area contributed by atoms with Crippen molar-refractivity contribution in [2.24, 2.45) is 16.9 Å². The van der Waals surface area contributed by atoms with Crippen LogP contribution in [0.3, 0.4) is 0 Å². The molecule has 0 radical (unpaired) electrons. The number of rotatable bonds is 9. The molecule has 1 aromatic heterocycles. The van der Waals surface area contributed by atoms with Crippen LogP contribution in [0.5, 0.6) is 0 Å². The minimum absolute atomic E-state index is 0.128. The summed E-state index contributed by atoms with van der Waals surface area (Å²) in [7, 11) is 1.60. The van der Waals surface area contributed by atoms with Gasteiger partial charge in [0.05, 0.1) is 29.2 Å². The van der Waals surface area contributed by atoms with Gasteiger partial charge in [0, 0.05) is 43.0 Å². The normalized spacial score (nSPS) is 11.9. The number of anilines is 2. The van der Waals surface area contributed by atoms with Gasteiger partial charge in [-0.05, 0) is 56.2 Å². The third kappa shape index (κ3) is 6.35. The molecule has 34 heavy (non-hydrogen) atoms. The number of hydrogen-bond acceptors (Lipinski definition) is 8. The largest absolute Gasteiger partial charge is 0.404 e. The molecule has 9 heteroatoms. The van der Waals surface area contributed by atoms with Crippen LogP contribution in [0.2, 0.25) is 0 Å². The lowest BCUT2D eigenvalue weighted by Gasteiger charge is -2.16. The predicted molar refractivity (Wildman–Crippen MR) is 132 cm³/mol. The van der Waals surface area contributed by atoms with Crippen LogP contribution in [0.15, 0.2) is 54.0 Å². The summed E-state index contributed by atoms with van der Waals surface area (Å²) < 4.78 is 5.01. The first kappa shape index (κ1) is 25.9. The minimum Gasteiger partial charge on any atom is -0.404 e. The number of nitrogens with two attached hydrogens (primary N) is 2. The molecule has 176 valence electrons. The maximum atomic E-state index is 12.8. The average Bonchev–Trinajstić information content (AvgIpc) is 2.83. The van der Waals surface area contributed by atoms with Crippen molar-refractivity contribution in [1.82, 2.24) is 4.98 Å². The molecule has 0 spiro atoms. The molecule has 0 saturated heterocycles. The first-order chi connectivity index (χ1) is 16.2. The summed E-state index contributed by atoms with van der Waals surface area (Å²) in [5, 5.41) is 24.7. The standard InChI is InChI=1S/C25H29N7O2/c1-16-5-6-20(32-24(33)18(13-27)10-22(29)25(2,3)15-28)11-21(16)19-9-17(12-26)23(31-14-19)30-7-8-34-4/h5-6,9-11,13-14H,7-8,27,29H2,1-4H3,(H,30,31)(H,32,33)/b18-13+,22-10-. The van der Waals surface area contributed by atoms with Gasteiger partial charge in [-0.3, -0.25) is 4.79 Å². The fraction of sp³-hybridized carbons (Fsp3) is 0.280. The Labute approximate surface area is 199 Å². The van der Waals surface area contributed by atoms with E-state index in [1.54, 1.807) is 45.4 Å². The second kappa shape index (κ2) is 11.5. The number of nitriles is 2. The number of methoxy groups -OCH3 is 1. The smallest absolute Gasteiger partial charge is 0.257 e. The van der Waals surface area contributed by atoms with Gasteiger partial charge in [0.15, 0.2) is 0 Å². The molecule has 2 aromatic rings. The Hall–Kier alpha value is -4.34. The zero-order valence-corrected chi connectivity index (χ0v) is 19.8. The van der Waals surface area contributed by atoms with E-state index in [9.17, 15) is 15.3 Å². The molecular weight excluding hydrogens is 430 g/mol. The molecule has 0 aliphatic heterocycles. The van der Waals surface area contributed by atoms with Crippen molar-refractivity contribution < 1.29 is 9.53 Å². The zero-order valence-electron chi connectivity index (χ0n) is 19.8. The highest BCUT2D eigenvalue weighted by atomic mass is 16.5. The van der Waals surface area contributed by atoms with E-state index >= 15 is 0 Å². The molecule has 0 saturated carbocycles. The lowest BCUT2D eigenvalue weighted by atomic mass is 9.90. The lowest BCUT2D eigenvalue weighted by Crippen LogP contribution is -2.21. The molecule has 9 nitrogen and oxygen atoms in total. The van der Waals surface area contributed by atoms with E-state index in [1.165, 1.54) is 6.08 Å². The molecule has 0 atom stereocenters. The number of ether oxygens (including phenoxy) is 1. The van der Waals surface area contributed by atoms with Crippen molar-refractivity contribution in [1.29, 1.82) is 10.5 Å². The zero-order chi connectivity index (χ0) is 25.3. The Morgan fingerprint density at radius 2 is 2.03 bits per heavy atom. The number of carbonyl (C=O) groups excluding carboxylic acids is 1. The number of nitrogens with one attached hydrogen (secondary N) is 2. The van der Waals surface area contributed by atoms with E-state index in [0.717, 1.165) is 22.9 Å². The number of allylic oxidation sites excluding steroid dienone is 1. The van der Waals surface area contributed by atoms with Gasteiger partial charge in [0.2, 0.25) is 0 Å². The van der Waals surface area contributed by atoms with E-state index in [4.69, 9.17) is 16.2 Å². The van der Waals surface area contributed by atoms with Crippen LogP contribution in [0.25, 0.3) is 11.1 Å². The van der Waals surface area contributed by atoms with Crippen LogP contribution in [0, 0.1) is 35.0 Å². The lowest BCUT2D eigenvalue weighted by molar-refractivity contribution is -0.112. The SMILES string of the molecule is COCCNc1ncc(-c2cc(NC(=O)C(/C=C(\N)C(C)(C)C#N)=C/N)ccc2C)cc1C#N. The molecule has 0 unspecified atom stereocenters. The van der Waals surface area contributed by atoms with Crippen molar-refractivity contribution in [3.63, 3.8) is 0 Å². The molecule has 0 aliphatic rings. The van der Waals surface area contributed by atoms with E-state index in [0.29, 0.717) is 30.2 Å². The third-order valence-corrected chi connectivity index (χ3v) is 5.17. The Morgan fingerprint density at radius 3 is 2.65 bits per heavy atom. The summed E-state index contributed by atoms with van der Waals surface area (Å²) in [6, 6.07) is 11.4. The van der Waals surface area contributed by atoms with Crippen LogP contribution in [0.1, 0.15) is 25.0 Å². The Morgan fingerprint density at radius 1 is 1.29 bits per heavy atom. The van der Waals surface area contributed by atoms with Gasteiger partial charge in [-0.1, -0.05) is 6.07 Å². The van der Waals surface area contributed by atoms with Crippen molar-refractivity contribution in [3.8, 4) is 23.3 Å². The summed E-state index contributed by atoms with van der Waals surface area (Å²) in [6.45, 7) is 6.25. The van der Waals surface area contributed by atoms with Crippen LogP contribution in [-0.2, 0) is 9.53 Å². The Bertz CT molecular complexity index is 1200. The third-order valence-electron chi connectivity index (χ3n) is 5.17. The van der Waals surface area contributed by atoms with Crippen molar-refractivity contribution in [2.45, 2.75) is 20.8 Å². The second-order valence-electron chi connectivity index (χ2n) is 8.09. The van der Waals surface area contributed by atoms with Gasteiger partial charge in [-0.2, -0.15) is 10.5 Å². The number of hydrogen-bond donors (Lipinski definition) is 4. The van der Waals surface area contributed by atoms with Gasteiger partial charge in [-0.15, -0.1) is 0 Å². The minimum atomic E-state index is -0.943. The number of benzene rings is 1. The van der Waals surface area contributed by atoms with Crippen molar-refractivity contribution >= 4 is 17.4 Å². The number of aromatic nitrogens is 1. The fourth-order valence-electron chi connectivity index (χ4n) is 2.93. The first-order valence-corrected chi connectivity index (χ1v) is 10.5. The van der Waals surface area contributed by atoms with Crippen LogP contribution in [0.4, 0.5) is 11.5 Å². The highest BCUT2D eigenvalue weighted by molar-refractivity contribution is 6.06. The molecule has 1 heterocycles. The average molecular weight is 460 g/mol. The second-order valence-corrected chi connectivity index (χ2v) is 8.09.